The molecule has 0 spiro atoms. The second kappa shape index (κ2) is 44.9. The van der Waals surface area contributed by atoms with Crippen LogP contribution in [0.4, 0.5) is 58.5 Å². The van der Waals surface area contributed by atoms with E-state index < -0.39 is 39.0 Å². The fourth-order valence-corrected chi connectivity index (χ4v) is 18.9. The number of piperazine rings is 1. The number of pyridine rings is 1. The lowest BCUT2D eigenvalue weighted by Crippen LogP contribution is -2.64. The quantitative estimate of drug-likeness (QED) is 0.0237. The summed E-state index contributed by atoms with van der Waals surface area (Å²) in [5.74, 6) is 2.49. The van der Waals surface area contributed by atoms with Gasteiger partial charge in [0.25, 0.3) is 11.8 Å². The number of hydrogen-bond donors (Lipinski definition) is 8. The maximum absolute atomic E-state index is 14.9. The SMILES string of the molecule is CNS(=O)(=O)c1ccc(N(C)C)c(Nc2ncnc3cc(OCCC(C)C)ccc23)c1.Cc1c(CC(=O)N2CC(O)(CC(C)(C)C)C2)cc(F)cc1-c1ncnc2[nH]c(-c3ccc(OC(C)C)nc3)cc12.Cc1c(NC(=O)c2ccc(C(C)(C)C)cc2F)cc(F)cc1-c1ncnc2[nH]c(-c3ccc(C(C)C)cc3)cc12.Cc1nc(Nc2ncc(C(=O)Nc3c(C)cccc3Cl)s2)cc(N2CCN(C(C)C)CC2)n1. The molecule has 10 heterocycles. The largest absolute Gasteiger partial charge is 0.494 e. The number of aryl methyl sites for hydroxylation is 2. The minimum Gasteiger partial charge on any atom is -0.494 e. The van der Waals surface area contributed by atoms with E-state index in [1.165, 1.54) is 79.3 Å². The van der Waals surface area contributed by atoms with Crippen LogP contribution in [-0.4, -0.2) is 186 Å². The number of benzene rings is 7. The van der Waals surface area contributed by atoms with Crippen LogP contribution in [0.2, 0.25) is 5.02 Å². The zero-order valence-corrected chi connectivity index (χ0v) is 87.5. The topological polar surface area (TPSA) is 358 Å². The van der Waals surface area contributed by atoms with Gasteiger partial charge in [0.15, 0.2) is 5.13 Å². The number of ether oxygens (including phenoxy) is 2. The van der Waals surface area contributed by atoms with E-state index in [-0.39, 0.29) is 51.3 Å². The van der Waals surface area contributed by atoms with Crippen molar-refractivity contribution in [3.63, 3.8) is 0 Å². The van der Waals surface area contributed by atoms with Crippen molar-refractivity contribution >= 4 is 129 Å². The molecule has 7 aromatic carbocycles. The van der Waals surface area contributed by atoms with Crippen LogP contribution in [-0.2, 0) is 26.7 Å². The molecular formula is C109H125ClF3N21O8S2. The van der Waals surface area contributed by atoms with Gasteiger partial charge in [-0.25, -0.2) is 76.2 Å². The number of aromatic nitrogens is 12. The molecule has 0 unspecified atom stereocenters. The minimum atomic E-state index is -3.58. The molecule has 3 amide bonds. The fourth-order valence-electron chi connectivity index (χ4n) is 17.1. The maximum atomic E-state index is 14.9. The van der Waals surface area contributed by atoms with Gasteiger partial charge in [0.05, 0.1) is 87.9 Å². The molecule has 0 aliphatic carbocycles. The third kappa shape index (κ3) is 26.2. The van der Waals surface area contributed by atoms with Crippen molar-refractivity contribution in [1.29, 1.82) is 0 Å². The summed E-state index contributed by atoms with van der Waals surface area (Å²) in [5.41, 5.74) is 13.6. The molecule has 754 valence electrons. The molecule has 0 saturated carbocycles. The first-order valence-electron chi connectivity index (χ1n) is 47.9. The van der Waals surface area contributed by atoms with Gasteiger partial charge in [-0.3, -0.25) is 19.3 Å². The first-order valence-corrected chi connectivity index (χ1v) is 50.6. The van der Waals surface area contributed by atoms with Gasteiger partial charge in [0.1, 0.15) is 87.2 Å². The van der Waals surface area contributed by atoms with Gasteiger partial charge in [-0.1, -0.05) is 135 Å². The number of sulfonamides is 1. The Hall–Kier alpha value is -13.9. The molecule has 2 aliphatic heterocycles. The van der Waals surface area contributed by atoms with Crippen LogP contribution in [0.15, 0.2) is 188 Å². The van der Waals surface area contributed by atoms with Crippen LogP contribution in [0.3, 0.4) is 0 Å². The van der Waals surface area contributed by atoms with E-state index in [2.05, 4.69) is 182 Å². The summed E-state index contributed by atoms with van der Waals surface area (Å²) in [7, 11) is 1.60. The number of nitrogens with zero attached hydrogens (tertiary/aromatic N) is 14. The molecule has 17 rings (SSSR count). The second-order valence-electron chi connectivity index (χ2n) is 40.0. The molecule has 35 heteroatoms. The Kier molecular flexibility index (Phi) is 33.1. The van der Waals surface area contributed by atoms with E-state index in [9.17, 15) is 41.1 Å². The Balaban J connectivity index is 0.000000153. The molecule has 2 aliphatic rings. The molecule has 2 saturated heterocycles. The first-order chi connectivity index (χ1) is 68.2. The molecule has 8 aromatic heterocycles. The Labute approximate surface area is 847 Å². The fraction of sp³-hybridized carbons (Fsp3) is 0.349. The molecule has 144 heavy (non-hydrogen) atoms. The predicted octanol–water partition coefficient (Wildman–Crippen LogP) is 22.5. The van der Waals surface area contributed by atoms with E-state index in [0.717, 1.165) is 111 Å². The number of para-hydroxylation sites is 1. The Morgan fingerprint density at radius 1 is 0.646 bits per heavy atom. The average molecular weight is 2010 g/mol. The number of β-amino-alcohol motifs (C(OH)–C–C–N with tert-alkyl or cyclic N) is 1. The number of fused-ring (bicyclic) bond motifs is 3. The highest BCUT2D eigenvalue weighted by Crippen LogP contribution is 2.42. The van der Waals surface area contributed by atoms with Crippen LogP contribution in [0.1, 0.15) is 175 Å². The van der Waals surface area contributed by atoms with E-state index in [0.29, 0.717) is 139 Å². The van der Waals surface area contributed by atoms with Crippen molar-refractivity contribution in [2.24, 2.45) is 11.3 Å². The number of hydrogen-bond acceptors (Lipinski definition) is 24. The number of carbonyl (C=O) groups excluding carboxylic acids is 3. The monoisotopic (exact) mass is 2010 g/mol. The zero-order chi connectivity index (χ0) is 104. The van der Waals surface area contributed by atoms with Gasteiger partial charge in [-0.2, -0.15) is 0 Å². The smallest absolute Gasteiger partial charge is 0.267 e. The van der Waals surface area contributed by atoms with E-state index in [4.69, 9.17) is 21.1 Å². The van der Waals surface area contributed by atoms with Gasteiger partial charge in [-0.15, -0.1) is 0 Å². The first kappa shape index (κ1) is 106. The molecule has 29 nitrogen and oxygen atoms in total. The molecule has 0 bridgehead atoms. The Morgan fingerprint density at radius 2 is 1.30 bits per heavy atom. The Morgan fingerprint density at radius 3 is 1.90 bits per heavy atom. The number of anilines is 8. The third-order valence-electron chi connectivity index (χ3n) is 24.8. The van der Waals surface area contributed by atoms with Crippen molar-refractivity contribution in [3.8, 4) is 56.7 Å². The minimum absolute atomic E-state index is 0.0292. The number of likely N-dealkylation sites (tertiary alicyclic amines) is 1. The van der Waals surface area contributed by atoms with Crippen molar-refractivity contribution in [2.45, 2.75) is 178 Å². The summed E-state index contributed by atoms with van der Waals surface area (Å²) in [6, 6.07) is 44.6. The second-order valence-corrected chi connectivity index (χ2v) is 43.3. The summed E-state index contributed by atoms with van der Waals surface area (Å²) < 4.78 is 83.1. The molecule has 0 atom stereocenters. The number of rotatable bonds is 27. The summed E-state index contributed by atoms with van der Waals surface area (Å²) in [6.45, 7) is 41.6. The van der Waals surface area contributed by atoms with Crippen LogP contribution < -0.4 is 45.3 Å². The maximum Gasteiger partial charge on any atom is 0.267 e. The van der Waals surface area contributed by atoms with E-state index in [1.807, 2.05) is 135 Å². The number of halogens is 4. The predicted molar refractivity (Wildman–Crippen MR) is 569 cm³/mol. The molecule has 2 fully saturated rings. The van der Waals surface area contributed by atoms with Gasteiger partial charge in [0.2, 0.25) is 21.8 Å². The molecule has 0 radical (unpaired) electrons. The number of amides is 3. The number of nitrogens with one attached hydrogen (secondary N) is 7. The third-order valence-corrected chi connectivity index (χ3v) is 27.5. The summed E-state index contributed by atoms with van der Waals surface area (Å²) in [5, 5.41) is 26.2. The average Bonchev–Trinajstić information content (AvgIpc) is 1.20. The number of H-pyrrole nitrogens is 2. The van der Waals surface area contributed by atoms with Gasteiger partial charge in [0, 0.05) is 121 Å². The van der Waals surface area contributed by atoms with Crippen LogP contribution in [0.25, 0.3) is 78.0 Å². The van der Waals surface area contributed by atoms with E-state index in [1.54, 1.807) is 54.5 Å². The van der Waals surface area contributed by atoms with Crippen molar-refractivity contribution in [3.05, 3.63) is 255 Å². The lowest BCUT2D eigenvalue weighted by atomic mass is 9.77. The highest BCUT2D eigenvalue weighted by molar-refractivity contribution is 7.89. The lowest BCUT2D eigenvalue weighted by Gasteiger charge is -2.49. The van der Waals surface area contributed by atoms with Gasteiger partial charge < -0.3 is 60.5 Å². The number of carbonyl (C=O) groups is 3. The lowest BCUT2D eigenvalue weighted by molar-refractivity contribution is -0.159. The normalized spacial score (nSPS) is 13.3. The highest BCUT2D eigenvalue weighted by Gasteiger charge is 2.46. The summed E-state index contributed by atoms with van der Waals surface area (Å²) in [6.07, 6.45) is 9.29. The van der Waals surface area contributed by atoms with Crippen LogP contribution in [0.5, 0.6) is 11.6 Å². The van der Waals surface area contributed by atoms with Crippen molar-refractivity contribution in [1.82, 2.24) is 74.3 Å². The van der Waals surface area contributed by atoms with Gasteiger partial charge >= 0.3 is 0 Å². The van der Waals surface area contributed by atoms with Crippen LogP contribution >= 0.6 is 22.9 Å². The summed E-state index contributed by atoms with van der Waals surface area (Å²) in [4.78, 5) is 98.8. The van der Waals surface area contributed by atoms with Crippen LogP contribution in [0, 0.1) is 56.5 Å². The number of thiazole rings is 1. The highest BCUT2D eigenvalue weighted by atomic mass is 35.5. The molecule has 8 N–H and O–H groups in total. The molecular weight excluding hydrogens is 1890 g/mol. The van der Waals surface area contributed by atoms with Gasteiger partial charge in [-0.05, 0) is 228 Å². The summed E-state index contributed by atoms with van der Waals surface area (Å²) >= 11 is 7.49. The molecule has 15 aromatic rings. The zero-order valence-electron chi connectivity index (χ0n) is 85.1. The van der Waals surface area contributed by atoms with Crippen molar-refractivity contribution in [2.75, 3.05) is 98.1 Å². The number of aliphatic hydroxyl groups is 1. The van der Waals surface area contributed by atoms with Crippen molar-refractivity contribution < 1.29 is 50.6 Å². The Bertz CT molecular complexity index is 7280. The standard InChI is InChI=1S/C33H32F2N4O.C31H36FN5O3.C23H28ClN7OS.C22H29N5O3S/c1-18(2)20-7-9-21(10-8-20)29-16-26-30(36-17-37-31(26)38-29)25-14-23(34)15-28(19(25)3)39-32(40)24-12-11-22(13-27(24)35)33(4,5)6;1-18(2)40-26-8-7-20(13-33-26)25-12-24-28(34-17-35-29(24)36-25)23-11-22(32)9-21(19(23)3)10-27(38)37-15-31(39,16-37)14-30(4,5)6;1-14(2)30-8-10-31(11-9-30)20-12-19(26-16(4)27-20)28-23-25-13-18(33-23)22(32)29-21-15(3)6-5-7-17(21)24;1-15(2)10-11-30-16-6-8-18-19(12-16)24-14-25-22(18)26-20-13-17(31(28,29)23-3)7-9-21(20)27(4)5/h7-18H,1-6H3,(H,39,40)(H,36,37,38);7-9,11-13,17-18,39H,10,14-16H2,1-6H3,(H,34,35,36);5-7,12-14H,8-11H2,1-4H3,(H,29,32)(H,25,26,27,28);6-9,12-15,23H,10-11H2,1-5H3,(H,24,25,26). The number of aromatic amines is 2. The van der Waals surface area contributed by atoms with E-state index >= 15 is 0 Å².